The van der Waals surface area contributed by atoms with Crippen molar-refractivity contribution < 1.29 is 13.0 Å². The SMILES string of the molecule is CCN(CC)c1ccc(N=Nc2snc3sccc23)c(Nc2nc(Nc3cc(N(CC)CC)ccc3N=Nc3snc4sccc34)nc(SCCS(=O)(=O)O)n2)c1. The number of fused-ring (bicyclic) bond motifs is 2. The van der Waals surface area contributed by atoms with Crippen LogP contribution in [-0.4, -0.2) is 74.4 Å². The predicted octanol–water partition coefficient (Wildman–Crippen LogP) is 11.2. The zero-order valence-electron chi connectivity index (χ0n) is 31.1. The molecular formula is C35H37N13O3S6. The van der Waals surface area contributed by atoms with E-state index in [0.29, 0.717) is 32.8 Å². The molecule has 0 unspecified atom stereocenters. The molecule has 7 aromatic rings. The minimum absolute atomic E-state index is 0.00729. The van der Waals surface area contributed by atoms with E-state index >= 15 is 0 Å². The fraction of sp³-hybridized carbons (Fsp3) is 0.286. The molecule has 0 aliphatic heterocycles. The second-order valence-corrected chi connectivity index (χ2v) is 18.0. The summed E-state index contributed by atoms with van der Waals surface area (Å²) in [6.45, 7) is 11.5. The molecule has 296 valence electrons. The summed E-state index contributed by atoms with van der Waals surface area (Å²) in [4.78, 5) is 20.3. The Morgan fingerprint density at radius 2 is 1.16 bits per heavy atom. The maximum Gasteiger partial charge on any atom is 0.265 e. The molecular weight excluding hydrogens is 843 g/mol. The Morgan fingerprint density at radius 1 is 0.684 bits per heavy atom. The van der Waals surface area contributed by atoms with E-state index in [9.17, 15) is 13.0 Å². The van der Waals surface area contributed by atoms with Crippen LogP contribution >= 0.6 is 57.5 Å². The van der Waals surface area contributed by atoms with E-state index in [2.05, 4.69) is 87.3 Å². The highest BCUT2D eigenvalue weighted by atomic mass is 32.2. The Morgan fingerprint density at radius 3 is 1.60 bits per heavy atom. The Kier molecular flexibility index (Phi) is 13.0. The number of azo groups is 2. The van der Waals surface area contributed by atoms with E-state index < -0.39 is 15.9 Å². The topological polar surface area (TPSA) is 199 Å². The van der Waals surface area contributed by atoms with Gasteiger partial charge < -0.3 is 20.4 Å². The summed E-state index contributed by atoms with van der Waals surface area (Å²) in [5, 5.41) is 32.5. The maximum atomic E-state index is 11.6. The predicted molar refractivity (Wildman–Crippen MR) is 237 cm³/mol. The number of thioether (sulfide) groups is 1. The molecule has 16 nitrogen and oxygen atoms in total. The summed E-state index contributed by atoms with van der Waals surface area (Å²) in [7, 11) is -4.21. The quantitative estimate of drug-likeness (QED) is 0.0418. The van der Waals surface area contributed by atoms with Crippen molar-refractivity contribution in [2.24, 2.45) is 20.5 Å². The number of nitrogens with one attached hydrogen (secondary N) is 2. The van der Waals surface area contributed by atoms with Crippen LogP contribution in [0, 0.1) is 0 Å². The molecule has 7 rings (SSSR count). The molecule has 0 radical (unpaired) electrons. The highest BCUT2D eigenvalue weighted by Crippen LogP contribution is 2.40. The summed E-state index contributed by atoms with van der Waals surface area (Å²) in [5.41, 5.74) is 4.16. The summed E-state index contributed by atoms with van der Waals surface area (Å²) in [6, 6.07) is 15.6. The lowest BCUT2D eigenvalue weighted by Gasteiger charge is -2.22. The van der Waals surface area contributed by atoms with E-state index in [1.54, 1.807) is 22.7 Å². The highest BCUT2D eigenvalue weighted by Gasteiger charge is 2.17. The number of thiophene rings is 2. The number of rotatable bonds is 18. The van der Waals surface area contributed by atoms with Crippen LogP contribution < -0.4 is 20.4 Å². The van der Waals surface area contributed by atoms with Gasteiger partial charge in [0.15, 0.2) is 15.2 Å². The molecule has 0 amide bonds. The van der Waals surface area contributed by atoms with E-state index in [0.717, 1.165) is 69.7 Å². The molecule has 5 aromatic heterocycles. The van der Waals surface area contributed by atoms with Gasteiger partial charge in [0.2, 0.25) is 11.9 Å². The lowest BCUT2D eigenvalue weighted by atomic mass is 10.2. The van der Waals surface area contributed by atoms with Crippen molar-refractivity contribution in [2.45, 2.75) is 32.9 Å². The average molecular weight is 880 g/mol. The molecule has 0 saturated carbocycles. The minimum atomic E-state index is -4.21. The van der Waals surface area contributed by atoms with Gasteiger partial charge in [0.1, 0.15) is 21.0 Å². The molecule has 0 fully saturated rings. The minimum Gasteiger partial charge on any atom is -0.372 e. The van der Waals surface area contributed by atoms with Gasteiger partial charge in [-0.2, -0.15) is 32.1 Å². The van der Waals surface area contributed by atoms with Gasteiger partial charge >= 0.3 is 0 Å². The van der Waals surface area contributed by atoms with Crippen LogP contribution in [0.15, 0.2) is 84.9 Å². The third-order valence-corrected chi connectivity index (χ3v) is 13.7. The van der Waals surface area contributed by atoms with Crippen LogP contribution in [0.5, 0.6) is 0 Å². The number of anilines is 6. The van der Waals surface area contributed by atoms with Gasteiger partial charge in [-0.05, 0) is 110 Å². The third-order valence-electron chi connectivity index (χ3n) is 8.58. The molecule has 57 heavy (non-hydrogen) atoms. The van der Waals surface area contributed by atoms with Crippen LogP contribution in [0.25, 0.3) is 20.4 Å². The van der Waals surface area contributed by atoms with Crippen LogP contribution in [-0.2, 0) is 10.1 Å². The number of nitrogens with zero attached hydrogens (tertiary/aromatic N) is 11. The van der Waals surface area contributed by atoms with E-state index in [1.807, 2.05) is 59.3 Å². The Bertz CT molecular complexity index is 2490. The van der Waals surface area contributed by atoms with Crippen molar-refractivity contribution in [1.82, 2.24) is 23.7 Å². The molecule has 0 saturated heterocycles. The molecule has 0 atom stereocenters. The lowest BCUT2D eigenvalue weighted by molar-refractivity contribution is 0.485. The molecule has 5 heterocycles. The van der Waals surface area contributed by atoms with Crippen LogP contribution in [0.1, 0.15) is 27.7 Å². The monoisotopic (exact) mass is 879 g/mol. The third kappa shape index (κ3) is 9.88. The number of hydrogen-bond acceptors (Lipinski definition) is 20. The first kappa shape index (κ1) is 40.5. The maximum absolute atomic E-state index is 11.6. The van der Waals surface area contributed by atoms with Crippen molar-refractivity contribution >= 4 is 144 Å². The molecule has 0 aliphatic carbocycles. The zero-order chi connectivity index (χ0) is 39.9. The summed E-state index contributed by atoms with van der Waals surface area (Å²) in [5.74, 6) is -0.139. The van der Waals surface area contributed by atoms with Gasteiger partial charge in [-0.1, -0.05) is 11.8 Å². The van der Waals surface area contributed by atoms with Gasteiger partial charge in [0, 0.05) is 43.3 Å². The average Bonchev–Trinajstić information content (AvgIpc) is 4.00. The number of benzene rings is 2. The standard InChI is InChI=1S/C35H37N13O3S6/c1-5-47(6-2)21-9-11-25(41-43-29-23-13-15-52-31(23)45-55-29)27(19-21)36-33-38-34(40-35(39-33)54-17-18-57(49,50)51)37-28-20-22(48(7-3)8-4)10-12-26(28)42-44-30-24-14-16-53-32(24)46-56-30/h9-16,19-20H,5-8,17-18H2,1-4H3,(H,49,50,51)(H2,36,37,38,39,40). The smallest absolute Gasteiger partial charge is 0.265 e. The van der Waals surface area contributed by atoms with Crippen LogP contribution in [0.3, 0.4) is 0 Å². The first-order valence-corrected chi connectivity index (χ1v) is 23.7. The molecule has 22 heteroatoms. The summed E-state index contributed by atoms with van der Waals surface area (Å²) < 4.78 is 41.6. The van der Waals surface area contributed by atoms with Gasteiger partial charge in [0.05, 0.1) is 27.9 Å². The fourth-order valence-electron chi connectivity index (χ4n) is 5.69. The number of hydrogen-bond donors (Lipinski definition) is 3. The second-order valence-electron chi connectivity index (χ2n) is 12.1. The highest BCUT2D eigenvalue weighted by molar-refractivity contribution is 8.00. The lowest BCUT2D eigenvalue weighted by Crippen LogP contribution is -2.21. The Labute approximate surface area is 349 Å². The molecule has 0 bridgehead atoms. The first-order chi connectivity index (χ1) is 27.6. The van der Waals surface area contributed by atoms with Crippen molar-refractivity contribution in [2.75, 3.05) is 58.1 Å². The van der Waals surface area contributed by atoms with Crippen LogP contribution in [0.2, 0.25) is 0 Å². The largest absolute Gasteiger partial charge is 0.372 e. The first-order valence-electron chi connectivity index (χ1n) is 17.8. The Balaban J connectivity index is 1.28. The Hall–Kier alpha value is -4.71. The van der Waals surface area contributed by atoms with Gasteiger partial charge in [-0.15, -0.1) is 43.1 Å². The van der Waals surface area contributed by atoms with E-state index in [4.69, 9.17) is 4.98 Å². The second kappa shape index (κ2) is 18.3. The summed E-state index contributed by atoms with van der Waals surface area (Å²) >= 11 is 6.73. The molecule has 0 spiro atoms. The molecule has 0 aliphatic rings. The van der Waals surface area contributed by atoms with Gasteiger partial charge in [-0.3, -0.25) is 4.55 Å². The molecule has 2 aromatic carbocycles. The van der Waals surface area contributed by atoms with Gasteiger partial charge in [-0.25, -0.2) is 0 Å². The summed E-state index contributed by atoms with van der Waals surface area (Å²) in [6.07, 6.45) is 0. The van der Waals surface area contributed by atoms with E-state index in [-0.39, 0.29) is 22.8 Å². The van der Waals surface area contributed by atoms with E-state index in [1.165, 1.54) is 23.1 Å². The number of aromatic nitrogens is 5. The van der Waals surface area contributed by atoms with Crippen molar-refractivity contribution in [3.8, 4) is 0 Å². The van der Waals surface area contributed by atoms with Crippen LogP contribution in [0.4, 0.5) is 56.0 Å². The van der Waals surface area contributed by atoms with Crippen molar-refractivity contribution in [3.05, 3.63) is 59.3 Å². The fourth-order valence-corrected chi connectivity index (χ4v) is 10.5. The van der Waals surface area contributed by atoms with Gasteiger partial charge in [0.25, 0.3) is 10.1 Å². The van der Waals surface area contributed by atoms with Crippen molar-refractivity contribution in [3.63, 3.8) is 0 Å². The molecule has 3 N–H and O–H groups in total. The van der Waals surface area contributed by atoms with Crippen molar-refractivity contribution in [1.29, 1.82) is 0 Å². The normalized spacial score (nSPS) is 12.1. The zero-order valence-corrected chi connectivity index (χ0v) is 36.0.